The van der Waals surface area contributed by atoms with Gasteiger partial charge < -0.3 is 9.47 Å². The molecule has 0 aromatic heterocycles. The molecule has 0 bridgehead atoms. The van der Waals surface area contributed by atoms with Crippen molar-refractivity contribution < 1.29 is 19.1 Å². The summed E-state index contributed by atoms with van der Waals surface area (Å²) in [7, 11) is 0. The highest BCUT2D eigenvalue weighted by molar-refractivity contribution is 9.11. The van der Waals surface area contributed by atoms with Crippen molar-refractivity contribution in [1.82, 2.24) is 16.2 Å². The van der Waals surface area contributed by atoms with Gasteiger partial charge in [-0.3, -0.25) is 25.8 Å². The average Bonchev–Trinajstić information content (AvgIpc) is 2.83. The second-order valence-electron chi connectivity index (χ2n) is 7.39. The zero-order valence-corrected chi connectivity index (χ0v) is 22.8. The van der Waals surface area contributed by atoms with Crippen molar-refractivity contribution in [3.8, 4) is 11.5 Å². The second-order valence-corrected chi connectivity index (χ2v) is 9.57. The van der Waals surface area contributed by atoms with E-state index in [9.17, 15) is 9.59 Å². The fourth-order valence-electron chi connectivity index (χ4n) is 3.01. The Hall–Kier alpha value is -2.95. The van der Waals surface area contributed by atoms with Crippen molar-refractivity contribution >= 4 is 61.0 Å². The first-order valence-electron chi connectivity index (χ1n) is 10.6. The number of hydrazine groups is 1. The van der Waals surface area contributed by atoms with E-state index in [1.165, 1.54) is 5.56 Å². The highest BCUT2D eigenvalue weighted by Crippen LogP contribution is 2.32. The van der Waals surface area contributed by atoms with Gasteiger partial charge in [0.2, 0.25) is 0 Å². The van der Waals surface area contributed by atoms with Gasteiger partial charge in [-0.25, -0.2) is 0 Å². The minimum atomic E-state index is -0.465. The van der Waals surface area contributed by atoms with E-state index < -0.39 is 11.8 Å². The van der Waals surface area contributed by atoms with Gasteiger partial charge in [-0.15, -0.1) is 0 Å². The van der Waals surface area contributed by atoms with Gasteiger partial charge in [-0.05, 0) is 82.6 Å². The third kappa shape index (κ3) is 8.65. The molecule has 10 heteroatoms. The maximum atomic E-state index is 12.4. The highest BCUT2D eigenvalue weighted by atomic mass is 79.9. The fourth-order valence-corrected chi connectivity index (χ4v) is 4.71. The Morgan fingerprint density at radius 1 is 0.943 bits per heavy atom. The lowest BCUT2D eigenvalue weighted by Gasteiger charge is -2.13. The highest BCUT2D eigenvalue weighted by Gasteiger charge is 2.11. The Bertz CT molecular complexity index is 1170. The molecule has 0 radical (unpaired) electrons. The Morgan fingerprint density at radius 3 is 2.34 bits per heavy atom. The summed E-state index contributed by atoms with van der Waals surface area (Å²) < 4.78 is 12.9. The monoisotopic (exact) mass is 619 g/mol. The van der Waals surface area contributed by atoms with Gasteiger partial charge >= 0.3 is 0 Å². The second kappa shape index (κ2) is 13.2. The number of ether oxygens (including phenoxy) is 2. The van der Waals surface area contributed by atoms with Crippen LogP contribution in [0.5, 0.6) is 11.5 Å². The summed E-state index contributed by atoms with van der Waals surface area (Å²) in [5.41, 5.74) is 7.33. The molecular formula is C25H23Br2N3O4S. The Kier molecular flexibility index (Phi) is 10.1. The zero-order valence-electron chi connectivity index (χ0n) is 18.8. The summed E-state index contributed by atoms with van der Waals surface area (Å²) in [6.07, 6.45) is 0.791. The number of amides is 2. The van der Waals surface area contributed by atoms with E-state index in [0.717, 1.165) is 20.9 Å². The predicted octanol–water partition coefficient (Wildman–Crippen LogP) is 4.86. The molecule has 2 amide bonds. The van der Waals surface area contributed by atoms with Gasteiger partial charge in [-0.1, -0.05) is 46.3 Å². The standard InChI is InChI=1S/C25H23Br2N3O4S/c1-16-13-19(26)14-21(27)23(16)34-15-22(31)29-30-25(35)28-24(32)18-7-9-20(10-8-18)33-12-11-17-5-3-2-4-6-17/h2-10,13-14H,11-12,15H2,1H3,(H,29,31)(H2,28,30,32,35). The first kappa shape index (κ1) is 26.7. The van der Waals surface area contributed by atoms with Crippen molar-refractivity contribution in [3.05, 3.63) is 92.4 Å². The van der Waals surface area contributed by atoms with Crippen molar-refractivity contribution in [2.24, 2.45) is 0 Å². The van der Waals surface area contributed by atoms with Crippen LogP contribution >= 0.6 is 44.1 Å². The molecule has 0 heterocycles. The molecule has 3 N–H and O–H groups in total. The predicted molar refractivity (Wildman–Crippen MR) is 145 cm³/mol. The van der Waals surface area contributed by atoms with Gasteiger partial charge in [-0.2, -0.15) is 0 Å². The lowest BCUT2D eigenvalue weighted by atomic mass is 10.2. The number of hydrogen-bond donors (Lipinski definition) is 3. The van der Waals surface area contributed by atoms with Crippen molar-refractivity contribution in [2.75, 3.05) is 13.2 Å². The molecule has 0 unspecified atom stereocenters. The topological polar surface area (TPSA) is 88.7 Å². The van der Waals surface area contributed by atoms with Crippen LogP contribution in [0.4, 0.5) is 0 Å². The summed E-state index contributed by atoms with van der Waals surface area (Å²) in [4.78, 5) is 24.5. The molecule has 0 spiro atoms. The van der Waals surface area contributed by atoms with E-state index in [0.29, 0.717) is 23.7 Å². The Labute approximate surface area is 225 Å². The Morgan fingerprint density at radius 2 is 1.66 bits per heavy atom. The SMILES string of the molecule is Cc1cc(Br)cc(Br)c1OCC(=O)NNC(=S)NC(=O)c1ccc(OCCc2ccccc2)cc1. The summed E-state index contributed by atoms with van der Waals surface area (Å²) >= 11 is 11.9. The summed E-state index contributed by atoms with van der Waals surface area (Å²) in [5, 5.41) is 2.46. The number of aryl methyl sites for hydroxylation is 1. The number of carbonyl (C=O) groups is 2. The van der Waals surface area contributed by atoms with Crippen LogP contribution in [0.3, 0.4) is 0 Å². The zero-order chi connectivity index (χ0) is 25.2. The molecule has 0 saturated heterocycles. The van der Waals surface area contributed by atoms with Crippen molar-refractivity contribution in [3.63, 3.8) is 0 Å². The molecule has 0 aliphatic heterocycles. The maximum Gasteiger partial charge on any atom is 0.276 e. The molecular weight excluding hydrogens is 598 g/mol. The molecule has 3 aromatic carbocycles. The van der Waals surface area contributed by atoms with E-state index in [2.05, 4.69) is 48.0 Å². The number of nitrogens with one attached hydrogen (secondary N) is 3. The quantitative estimate of drug-likeness (QED) is 0.246. The van der Waals surface area contributed by atoms with E-state index >= 15 is 0 Å². The van der Waals surface area contributed by atoms with Crippen LogP contribution in [0.25, 0.3) is 0 Å². The molecule has 0 atom stereocenters. The van der Waals surface area contributed by atoms with Crippen LogP contribution in [0.1, 0.15) is 21.5 Å². The Balaban J connectivity index is 1.38. The van der Waals surface area contributed by atoms with Crippen LogP contribution in [-0.2, 0) is 11.2 Å². The molecule has 35 heavy (non-hydrogen) atoms. The van der Waals surface area contributed by atoms with Gasteiger partial charge in [0.25, 0.3) is 11.8 Å². The average molecular weight is 621 g/mol. The third-order valence-electron chi connectivity index (χ3n) is 4.70. The number of rotatable bonds is 8. The van der Waals surface area contributed by atoms with Gasteiger partial charge in [0, 0.05) is 16.5 Å². The fraction of sp³-hybridized carbons (Fsp3) is 0.160. The minimum Gasteiger partial charge on any atom is -0.493 e. The summed E-state index contributed by atoms with van der Waals surface area (Å²) in [6.45, 7) is 2.16. The van der Waals surface area contributed by atoms with Crippen molar-refractivity contribution in [1.29, 1.82) is 0 Å². The van der Waals surface area contributed by atoms with Crippen LogP contribution < -0.4 is 25.6 Å². The number of hydrogen-bond acceptors (Lipinski definition) is 5. The molecule has 0 fully saturated rings. The molecule has 7 nitrogen and oxygen atoms in total. The number of thiocarbonyl (C=S) groups is 1. The van der Waals surface area contributed by atoms with E-state index in [4.69, 9.17) is 21.7 Å². The lowest BCUT2D eigenvalue weighted by Crippen LogP contribution is -2.49. The van der Waals surface area contributed by atoms with Gasteiger partial charge in [0.15, 0.2) is 11.7 Å². The normalized spacial score (nSPS) is 10.3. The van der Waals surface area contributed by atoms with Gasteiger partial charge in [0.1, 0.15) is 11.5 Å². The summed E-state index contributed by atoms with van der Waals surface area (Å²) in [5.74, 6) is 0.343. The first-order chi connectivity index (χ1) is 16.8. The number of carbonyl (C=O) groups excluding carboxylic acids is 2. The van der Waals surface area contributed by atoms with Crippen LogP contribution in [-0.4, -0.2) is 30.1 Å². The lowest BCUT2D eigenvalue weighted by molar-refractivity contribution is -0.123. The molecule has 182 valence electrons. The molecule has 0 aliphatic carbocycles. The van der Waals surface area contributed by atoms with Crippen molar-refractivity contribution in [2.45, 2.75) is 13.3 Å². The molecule has 0 saturated carbocycles. The van der Waals surface area contributed by atoms with E-state index in [1.54, 1.807) is 24.3 Å². The van der Waals surface area contributed by atoms with Crippen LogP contribution in [0.15, 0.2) is 75.7 Å². The van der Waals surface area contributed by atoms with Crippen LogP contribution in [0, 0.1) is 6.92 Å². The minimum absolute atomic E-state index is 0.0486. The molecule has 3 rings (SSSR count). The number of halogens is 2. The first-order valence-corrected chi connectivity index (χ1v) is 12.6. The molecule has 3 aromatic rings. The molecule has 0 aliphatic rings. The summed E-state index contributed by atoms with van der Waals surface area (Å²) in [6, 6.07) is 20.5. The third-order valence-corrected chi connectivity index (χ3v) is 5.95. The van der Waals surface area contributed by atoms with E-state index in [-0.39, 0.29) is 11.7 Å². The number of benzene rings is 3. The van der Waals surface area contributed by atoms with Gasteiger partial charge in [0.05, 0.1) is 11.1 Å². The largest absolute Gasteiger partial charge is 0.493 e. The van der Waals surface area contributed by atoms with E-state index in [1.807, 2.05) is 49.4 Å². The smallest absolute Gasteiger partial charge is 0.276 e. The maximum absolute atomic E-state index is 12.4. The van der Waals surface area contributed by atoms with Crippen LogP contribution in [0.2, 0.25) is 0 Å².